The van der Waals surface area contributed by atoms with E-state index in [1.54, 1.807) is 13.1 Å². The zero-order chi connectivity index (χ0) is 14.8. The minimum absolute atomic E-state index is 0.295. The predicted molar refractivity (Wildman–Crippen MR) is 83.8 cm³/mol. The number of halogens is 2. The normalized spacial score (nSPS) is 10.6. The number of para-hydroxylation sites is 1. The van der Waals surface area contributed by atoms with E-state index >= 15 is 0 Å². The molecule has 0 spiro atoms. The van der Waals surface area contributed by atoms with E-state index in [1.165, 1.54) is 12.1 Å². The molecular formula is C15H12ClFN4. The molecular weight excluding hydrogens is 291 g/mol. The number of benzene rings is 2. The summed E-state index contributed by atoms with van der Waals surface area (Å²) in [6.45, 7) is 0. The number of nitrogens with one attached hydrogen (secondary N) is 2. The minimum atomic E-state index is -0.381. The van der Waals surface area contributed by atoms with E-state index in [-0.39, 0.29) is 5.82 Å². The van der Waals surface area contributed by atoms with Crippen molar-refractivity contribution in [1.82, 2.24) is 9.97 Å². The molecule has 0 aliphatic rings. The standard InChI is InChI=1S/C15H12ClFN4/c1-18-15-20-12-5-3-2-4-10(12)14(21-15)19-13-7-6-9(17)8-11(13)16/h2-8H,1H3,(H2,18,19,20,21). The van der Waals surface area contributed by atoms with Gasteiger partial charge in [0, 0.05) is 12.4 Å². The van der Waals surface area contributed by atoms with E-state index in [1.807, 2.05) is 24.3 Å². The van der Waals surface area contributed by atoms with Gasteiger partial charge < -0.3 is 10.6 Å². The van der Waals surface area contributed by atoms with Crippen molar-refractivity contribution in [3.63, 3.8) is 0 Å². The molecule has 6 heteroatoms. The smallest absolute Gasteiger partial charge is 0.224 e. The summed E-state index contributed by atoms with van der Waals surface area (Å²) < 4.78 is 13.1. The Balaban J connectivity index is 2.10. The van der Waals surface area contributed by atoms with E-state index in [2.05, 4.69) is 20.6 Å². The van der Waals surface area contributed by atoms with Crippen molar-refractivity contribution in [3.8, 4) is 0 Å². The third-order valence-corrected chi connectivity index (χ3v) is 3.32. The van der Waals surface area contributed by atoms with Crippen molar-refractivity contribution in [1.29, 1.82) is 0 Å². The van der Waals surface area contributed by atoms with Crippen molar-refractivity contribution < 1.29 is 4.39 Å². The largest absolute Gasteiger partial charge is 0.357 e. The molecule has 0 amide bonds. The summed E-state index contributed by atoms with van der Waals surface area (Å²) in [6, 6.07) is 11.8. The molecule has 4 nitrogen and oxygen atoms in total. The molecule has 21 heavy (non-hydrogen) atoms. The number of aromatic nitrogens is 2. The van der Waals surface area contributed by atoms with Gasteiger partial charge >= 0.3 is 0 Å². The van der Waals surface area contributed by atoms with Crippen LogP contribution >= 0.6 is 11.6 Å². The summed E-state index contributed by atoms with van der Waals surface area (Å²) in [5.41, 5.74) is 1.39. The Labute approximate surface area is 126 Å². The van der Waals surface area contributed by atoms with Crippen LogP contribution in [0.5, 0.6) is 0 Å². The maximum Gasteiger partial charge on any atom is 0.224 e. The monoisotopic (exact) mass is 302 g/mol. The molecule has 0 aliphatic carbocycles. The molecule has 2 aromatic carbocycles. The molecule has 0 radical (unpaired) electrons. The van der Waals surface area contributed by atoms with E-state index < -0.39 is 0 Å². The number of hydrogen-bond donors (Lipinski definition) is 2. The predicted octanol–water partition coefficient (Wildman–Crippen LogP) is 4.21. The summed E-state index contributed by atoms with van der Waals surface area (Å²) in [5.74, 6) is 0.724. The van der Waals surface area contributed by atoms with Crippen LogP contribution in [-0.2, 0) is 0 Å². The lowest BCUT2D eigenvalue weighted by Gasteiger charge is -2.11. The first-order valence-electron chi connectivity index (χ1n) is 6.34. The van der Waals surface area contributed by atoms with Gasteiger partial charge in [0.1, 0.15) is 11.6 Å². The SMILES string of the molecule is CNc1nc(Nc2ccc(F)cc2Cl)c2ccccc2n1. The highest BCUT2D eigenvalue weighted by molar-refractivity contribution is 6.33. The van der Waals surface area contributed by atoms with Gasteiger partial charge in [0.2, 0.25) is 5.95 Å². The van der Waals surface area contributed by atoms with Crippen LogP contribution in [0.2, 0.25) is 5.02 Å². The molecule has 0 saturated carbocycles. The van der Waals surface area contributed by atoms with Gasteiger partial charge in [-0.05, 0) is 30.3 Å². The molecule has 1 heterocycles. The fraction of sp³-hybridized carbons (Fsp3) is 0.0667. The summed E-state index contributed by atoms with van der Waals surface area (Å²) in [6.07, 6.45) is 0. The Morgan fingerprint density at radius 3 is 2.67 bits per heavy atom. The Hall–Kier alpha value is -2.40. The molecule has 0 aliphatic heterocycles. The van der Waals surface area contributed by atoms with Gasteiger partial charge in [-0.15, -0.1) is 0 Å². The molecule has 0 bridgehead atoms. The molecule has 2 N–H and O–H groups in total. The second-order valence-electron chi connectivity index (χ2n) is 4.41. The van der Waals surface area contributed by atoms with Gasteiger partial charge in [-0.3, -0.25) is 0 Å². The fourth-order valence-corrected chi connectivity index (χ4v) is 2.22. The third kappa shape index (κ3) is 2.73. The highest BCUT2D eigenvalue weighted by atomic mass is 35.5. The van der Waals surface area contributed by atoms with Gasteiger partial charge in [0.15, 0.2) is 0 Å². The average Bonchev–Trinajstić information content (AvgIpc) is 2.49. The number of fused-ring (bicyclic) bond motifs is 1. The molecule has 0 fully saturated rings. The number of hydrogen-bond acceptors (Lipinski definition) is 4. The van der Waals surface area contributed by atoms with Crippen LogP contribution in [0.3, 0.4) is 0 Å². The summed E-state index contributed by atoms with van der Waals surface area (Å²) in [7, 11) is 1.75. The molecule has 0 unspecified atom stereocenters. The van der Waals surface area contributed by atoms with Gasteiger partial charge in [0.25, 0.3) is 0 Å². The van der Waals surface area contributed by atoms with Crippen LogP contribution in [0.1, 0.15) is 0 Å². The lowest BCUT2D eigenvalue weighted by Crippen LogP contribution is -2.02. The highest BCUT2D eigenvalue weighted by Crippen LogP contribution is 2.29. The Morgan fingerprint density at radius 1 is 1.10 bits per heavy atom. The van der Waals surface area contributed by atoms with Gasteiger partial charge in [0.05, 0.1) is 16.2 Å². The molecule has 0 saturated heterocycles. The zero-order valence-electron chi connectivity index (χ0n) is 11.2. The van der Waals surface area contributed by atoms with Crippen molar-refractivity contribution in [3.05, 3.63) is 53.3 Å². The maximum absolute atomic E-state index is 13.1. The van der Waals surface area contributed by atoms with E-state index in [9.17, 15) is 4.39 Å². The van der Waals surface area contributed by atoms with Crippen molar-refractivity contribution in [2.45, 2.75) is 0 Å². The minimum Gasteiger partial charge on any atom is -0.357 e. The van der Waals surface area contributed by atoms with Crippen LogP contribution in [0.4, 0.5) is 21.8 Å². The van der Waals surface area contributed by atoms with Crippen molar-refractivity contribution in [2.75, 3.05) is 17.7 Å². The van der Waals surface area contributed by atoms with Crippen molar-refractivity contribution in [2.24, 2.45) is 0 Å². The number of nitrogens with zero attached hydrogens (tertiary/aromatic N) is 2. The molecule has 3 rings (SSSR count). The zero-order valence-corrected chi connectivity index (χ0v) is 11.9. The topological polar surface area (TPSA) is 49.8 Å². The van der Waals surface area contributed by atoms with Crippen LogP contribution in [0.25, 0.3) is 10.9 Å². The van der Waals surface area contributed by atoms with E-state index in [0.717, 1.165) is 10.9 Å². The maximum atomic E-state index is 13.1. The molecule has 106 valence electrons. The lowest BCUT2D eigenvalue weighted by atomic mass is 10.2. The summed E-state index contributed by atoms with van der Waals surface area (Å²) in [4.78, 5) is 8.77. The summed E-state index contributed by atoms with van der Waals surface area (Å²) in [5, 5.41) is 7.19. The Morgan fingerprint density at radius 2 is 1.90 bits per heavy atom. The second-order valence-corrected chi connectivity index (χ2v) is 4.82. The summed E-state index contributed by atoms with van der Waals surface area (Å²) >= 11 is 6.04. The van der Waals surface area contributed by atoms with Gasteiger partial charge in [-0.25, -0.2) is 9.37 Å². The van der Waals surface area contributed by atoms with Crippen LogP contribution in [0.15, 0.2) is 42.5 Å². The number of anilines is 3. The molecule has 1 aromatic heterocycles. The fourth-order valence-electron chi connectivity index (χ4n) is 2.00. The highest BCUT2D eigenvalue weighted by Gasteiger charge is 2.09. The first-order chi connectivity index (χ1) is 10.2. The van der Waals surface area contributed by atoms with Gasteiger partial charge in [-0.1, -0.05) is 23.7 Å². The van der Waals surface area contributed by atoms with Crippen LogP contribution in [-0.4, -0.2) is 17.0 Å². The molecule has 0 atom stereocenters. The first kappa shape index (κ1) is 13.6. The first-order valence-corrected chi connectivity index (χ1v) is 6.72. The van der Waals surface area contributed by atoms with Crippen LogP contribution in [0, 0.1) is 5.82 Å². The lowest BCUT2D eigenvalue weighted by molar-refractivity contribution is 0.628. The third-order valence-electron chi connectivity index (χ3n) is 3.01. The van der Waals surface area contributed by atoms with Crippen molar-refractivity contribution >= 4 is 40.0 Å². The van der Waals surface area contributed by atoms with Crippen LogP contribution < -0.4 is 10.6 Å². The van der Waals surface area contributed by atoms with Gasteiger partial charge in [-0.2, -0.15) is 4.98 Å². The molecule has 3 aromatic rings. The Bertz CT molecular complexity index is 807. The van der Waals surface area contributed by atoms with E-state index in [0.29, 0.717) is 22.5 Å². The Kier molecular flexibility index (Phi) is 3.58. The second kappa shape index (κ2) is 5.54. The number of rotatable bonds is 3. The average molecular weight is 303 g/mol. The quantitative estimate of drug-likeness (QED) is 0.761. The van der Waals surface area contributed by atoms with E-state index in [4.69, 9.17) is 11.6 Å².